The van der Waals surface area contributed by atoms with Gasteiger partial charge in [0.1, 0.15) is 5.75 Å². The fraction of sp³-hybridized carbons (Fsp3) is 0.682. The molecule has 1 saturated heterocycles. The number of aryl methyl sites for hydroxylation is 1. The molecular formula is C22H31NO4. The lowest BCUT2D eigenvalue weighted by molar-refractivity contribution is -0.0977. The van der Waals surface area contributed by atoms with Crippen molar-refractivity contribution in [2.45, 2.75) is 63.2 Å². The summed E-state index contributed by atoms with van der Waals surface area (Å²) in [4.78, 5) is 15.5. The molecule has 0 radical (unpaired) electrons. The summed E-state index contributed by atoms with van der Waals surface area (Å²) in [5, 5.41) is 0. The quantitative estimate of drug-likeness (QED) is 0.765. The highest BCUT2D eigenvalue weighted by Gasteiger charge is 2.53. The van der Waals surface area contributed by atoms with E-state index >= 15 is 0 Å². The van der Waals surface area contributed by atoms with Gasteiger partial charge in [-0.1, -0.05) is 12.1 Å². The molecule has 1 aliphatic heterocycles. The molecule has 0 N–H and O–H groups in total. The third kappa shape index (κ3) is 3.47. The van der Waals surface area contributed by atoms with Crippen molar-refractivity contribution in [3.8, 4) is 5.75 Å². The third-order valence-corrected chi connectivity index (χ3v) is 6.74. The maximum Gasteiger partial charge on any atom is 0.258 e. The predicted molar refractivity (Wildman–Crippen MR) is 103 cm³/mol. The smallest absolute Gasteiger partial charge is 0.258 e. The van der Waals surface area contributed by atoms with E-state index in [1.54, 1.807) is 14.2 Å². The molecule has 5 heteroatoms. The zero-order valence-electron chi connectivity index (χ0n) is 16.7. The Balaban J connectivity index is 1.56. The van der Waals surface area contributed by atoms with Gasteiger partial charge < -0.3 is 19.1 Å². The summed E-state index contributed by atoms with van der Waals surface area (Å²) < 4.78 is 17.7. The second-order valence-corrected chi connectivity index (χ2v) is 8.36. The summed E-state index contributed by atoms with van der Waals surface area (Å²) in [6.07, 6.45) is 6.56. The minimum Gasteiger partial charge on any atom is -0.496 e. The zero-order valence-corrected chi connectivity index (χ0v) is 16.7. The summed E-state index contributed by atoms with van der Waals surface area (Å²) in [6.45, 7) is 3.57. The van der Waals surface area contributed by atoms with Gasteiger partial charge in [-0.25, -0.2) is 0 Å². The number of benzene rings is 1. The van der Waals surface area contributed by atoms with Gasteiger partial charge in [-0.3, -0.25) is 4.79 Å². The first-order chi connectivity index (χ1) is 13.1. The lowest BCUT2D eigenvalue weighted by Crippen LogP contribution is -2.53. The molecule has 5 nitrogen and oxygen atoms in total. The number of carbonyl (C=O) groups excluding carboxylic acids is 1. The van der Waals surface area contributed by atoms with Crippen LogP contribution < -0.4 is 4.74 Å². The van der Waals surface area contributed by atoms with Crippen LogP contribution in [-0.4, -0.2) is 55.9 Å². The van der Waals surface area contributed by atoms with E-state index in [4.69, 9.17) is 14.2 Å². The van der Waals surface area contributed by atoms with Gasteiger partial charge in [0.15, 0.2) is 0 Å². The average molecular weight is 373 g/mol. The largest absolute Gasteiger partial charge is 0.496 e. The van der Waals surface area contributed by atoms with Gasteiger partial charge in [0.25, 0.3) is 5.91 Å². The van der Waals surface area contributed by atoms with Gasteiger partial charge in [-0.05, 0) is 63.0 Å². The van der Waals surface area contributed by atoms with Crippen LogP contribution in [0.3, 0.4) is 0 Å². The Morgan fingerprint density at radius 1 is 1.22 bits per heavy atom. The number of rotatable bonds is 6. The molecule has 0 aromatic heterocycles. The van der Waals surface area contributed by atoms with Gasteiger partial charge in [-0.2, -0.15) is 0 Å². The normalized spacial score (nSPS) is 30.3. The van der Waals surface area contributed by atoms with Gasteiger partial charge in [-0.15, -0.1) is 0 Å². The SMILES string of the molecule is COc1cccc(C)c1C(=O)N1CC[C@]2(OC)CC[C@H](OCC3CC3)C[C@H]12. The lowest BCUT2D eigenvalue weighted by Gasteiger charge is -2.43. The number of methoxy groups -OCH3 is 2. The van der Waals surface area contributed by atoms with Crippen LogP contribution in [-0.2, 0) is 9.47 Å². The first kappa shape index (κ1) is 18.8. The number of likely N-dealkylation sites (tertiary alicyclic amines) is 1. The highest BCUT2D eigenvalue weighted by Crippen LogP contribution is 2.44. The lowest BCUT2D eigenvalue weighted by atomic mass is 9.79. The molecule has 1 heterocycles. The highest BCUT2D eigenvalue weighted by molar-refractivity contribution is 5.98. The molecule has 2 aliphatic carbocycles. The predicted octanol–water partition coefficient (Wildman–Crippen LogP) is 3.58. The molecule has 1 amide bonds. The molecule has 1 aromatic rings. The Labute approximate surface area is 162 Å². The molecule has 3 atom stereocenters. The van der Waals surface area contributed by atoms with Crippen LogP contribution in [0.1, 0.15) is 54.4 Å². The summed E-state index contributed by atoms with van der Waals surface area (Å²) in [6, 6.07) is 5.83. The van der Waals surface area contributed by atoms with Crippen LogP contribution in [0.15, 0.2) is 18.2 Å². The number of nitrogens with zero attached hydrogens (tertiary/aromatic N) is 1. The van der Waals surface area contributed by atoms with Crippen LogP contribution in [0, 0.1) is 12.8 Å². The van der Waals surface area contributed by atoms with Crippen molar-refractivity contribution >= 4 is 5.91 Å². The Morgan fingerprint density at radius 2 is 2.04 bits per heavy atom. The van der Waals surface area contributed by atoms with Gasteiger partial charge in [0.2, 0.25) is 0 Å². The van der Waals surface area contributed by atoms with Crippen molar-refractivity contribution in [3.05, 3.63) is 29.3 Å². The summed E-state index contributed by atoms with van der Waals surface area (Å²) in [5.41, 5.74) is 1.39. The fourth-order valence-corrected chi connectivity index (χ4v) is 4.84. The Morgan fingerprint density at radius 3 is 2.74 bits per heavy atom. The van der Waals surface area contributed by atoms with E-state index in [9.17, 15) is 4.79 Å². The molecule has 3 aliphatic rings. The van der Waals surface area contributed by atoms with Crippen molar-refractivity contribution in [1.29, 1.82) is 0 Å². The van der Waals surface area contributed by atoms with Gasteiger partial charge in [0.05, 0.1) is 30.4 Å². The van der Waals surface area contributed by atoms with Crippen molar-refractivity contribution in [2.75, 3.05) is 27.4 Å². The summed E-state index contributed by atoms with van der Waals surface area (Å²) >= 11 is 0. The van der Waals surface area contributed by atoms with Gasteiger partial charge in [0, 0.05) is 20.3 Å². The van der Waals surface area contributed by atoms with E-state index in [2.05, 4.69) is 0 Å². The fourth-order valence-electron chi connectivity index (χ4n) is 4.84. The summed E-state index contributed by atoms with van der Waals surface area (Å²) in [5.74, 6) is 1.46. The Hall–Kier alpha value is -1.59. The second-order valence-electron chi connectivity index (χ2n) is 8.36. The zero-order chi connectivity index (χ0) is 19.0. The monoisotopic (exact) mass is 373 g/mol. The van der Waals surface area contributed by atoms with Crippen molar-refractivity contribution in [1.82, 2.24) is 4.90 Å². The van der Waals surface area contributed by atoms with Crippen LogP contribution in [0.2, 0.25) is 0 Å². The van der Waals surface area contributed by atoms with E-state index in [1.165, 1.54) is 12.8 Å². The van der Waals surface area contributed by atoms with Crippen LogP contribution in [0.4, 0.5) is 0 Å². The van der Waals surface area contributed by atoms with Crippen molar-refractivity contribution in [2.24, 2.45) is 5.92 Å². The second kappa shape index (κ2) is 7.44. The molecule has 0 unspecified atom stereocenters. The summed E-state index contributed by atoms with van der Waals surface area (Å²) in [7, 11) is 3.41. The Bertz CT molecular complexity index is 702. The minimum absolute atomic E-state index is 0.0525. The number of amides is 1. The number of hydrogen-bond acceptors (Lipinski definition) is 4. The maximum atomic E-state index is 13.5. The van der Waals surface area contributed by atoms with Crippen molar-refractivity contribution < 1.29 is 19.0 Å². The number of hydrogen-bond donors (Lipinski definition) is 0. The molecule has 0 bridgehead atoms. The first-order valence-electron chi connectivity index (χ1n) is 10.2. The first-order valence-corrected chi connectivity index (χ1v) is 10.2. The number of carbonyl (C=O) groups is 1. The van der Waals surface area contributed by atoms with Crippen LogP contribution in [0.25, 0.3) is 0 Å². The van der Waals surface area contributed by atoms with E-state index in [-0.39, 0.29) is 23.7 Å². The van der Waals surface area contributed by atoms with E-state index in [1.807, 2.05) is 30.0 Å². The number of fused-ring (bicyclic) bond motifs is 1. The van der Waals surface area contributed by atoms with E-state index < -0.39 is 0 Å². The molecule has 27 heavy (non-hydrogen) atoms. The molecule has 1 aromatic carbocycles. The molecule has 3 fully saturated rings. The van der Waals surface area contributed by atoms with E-state index in [0.29, 0.717) is 11.3 Å². The molecule has 2 saturated carbocycles. The molecular weight excluding hydrogens is 342 g/mol. The average Bonchev–Trinajstić information content (AvgIpc) is 3.44. The van der Waals surface area contributed by atoms with Crippen molar-refractivity contribution in [3.63, 3.8) is 0 Å². The molecule has 148 valence electrons. The maximum absolute atomic E-state index is 13.5. The number of ether oxygens (including phenoxy) is 3. The third-order valence-electron chi connectivity index (χ3n) is 6.74. The topological polar surface area (TPSA) is 48.0 Å². The van der Waals surface area contributed by atoms with Gasteiger partial charge >= 0.3 is 0 Å². The highest BCUT2D eigenvalue weighted by atomic mass is 16.5. The minimum atomic E-state index is -0.231. The van der Waals surface area contributed by atoms with E-state index in [0.717, 1.165) is 50.3 Å². The van der Waals surface area contributed by atoms with Crippen LogP contribution in [0.5, 0.6) is 5.75 Å². The van der Waals surface area contributed by atoms with Crippen LogP contribution >= 0.6 is 0 Å². The molecule has 0 spiro atoms. The standard InChI is InChI=1S/C22H31NO4/c1-15-5-4-6-18(25-2)20(15)21(24)23-12-11-22(26-3)10-9-17(13-19(22)23)27-14-16-7-8-16/h4-6,16-17,19H,7-14H2,1-3H3/t17-,19-,22+/m0/s1. The Kier molecular flexibility index (Phi) is 5.17. The molecule has 4 rings (SSSR count).